The molecular formula is C26H25N3O4. The number of nitrogens with zero attached hydrogens (tertiary/aromatic N) is 3. The fourth-order valence-electron chi connectivity index (χ4n) is 5.03. The highest BCUT2D eigenvalue weighted by Gasteiger charge is 2.54. The number of rotatable bonds is 5. The molecule has 1 aromatic heterocycles. The van der Waals surface area contributed by atoms with Crippen LogP contribution in [0.1, 0.15) is 21.8 Å². The van der Waals surface area contributed by atoms with E-state index in [1.54, 1.807) is 41.4 Å². The fourth-order valence-corrected chi connectivity index (χ4v) is 5.03. The lowest BCUT2D eigenvalue weighted by molar-refractivity contribution is -0.159. The highest BCUT2D eigenvalue weighted by molar-refractivity contribution is 5.97. The van der Waals surface area contributed by atoms with Crippen LogP contribution in [0.2, 0.25) is 0 Å². The van der Waals surface area contributed by atoms with Gasteiger partial charge in [-0.2, -0.15) is 0 Å². The molecule has 0 saturated carbocycles. The minimum atomic E-state index is -0.275. The molecule has 33 heavy (non-hydrogen) atoms. The number of aliphatic hydroxyl groups excluding tert-OH is 1. The first-order valence-electron chi connectivity index (χ1n) is 11.0. The van der Waals surface area contributed by atoms with Crippen LogP contribution in [0.4, 0.5) is 0 Å². The third-order valence-electron chi connectivity index (χ3n) is 6.67. The van der Waals surface area contributed by atoms with Crippen molar-refractivity contribution in [1.82, 2.24) is 14.8 Å². The van der Waals surface area contributed by atoms with Crippen molar-refractivity contribution in [3.63, 3.8) is 0 Å². The maximum atomic E-state index is 12.9. The number of carbonyl (C=O) groups excluding carboxylic acids is 2. The number of aliphatic hydroxyl groups is 1. The summed E-state index contributed by atoms with van der Waals surface area (Å²) < 4.78 is 5.32. The summed E-state index contributed by atoms with van der Waals surface area (Å²) in [5, 5.41) is 10.0. The molecule has 0 aliphatic carbocycles. The first-order valence-corrected chi connectivity index (χ1v) is 11.0. The Kier molecular flexibility index (Phi) is 5.56. The number of benzene rings is 2. The summed E-state index contributed by atoms with van der Waals surface area (Å²) in [5.74, 6) is 0.458. The molecule has 7 heteroatoms. The second-order valence-corrected chi connectivity index (χ2v) is 8.42. The van der Waals surface area contributed by atoms with E-state index in [9.17, 15) is 14.7 Å². The minimum absolute atomic E-state index is 0.0235. The van der Waals surface area contributed by atoms with Crippen LogP contribution in [-0.2, 0) is 4.79 Å². The van der Waals surface area contributed by atoms with Gasteiger partial charge in [-0.3, -0.25) is 14.6 Å². The van der Waals surface area contributed by atoms with E-state index in [0.717, 1.165) is 22.4 Å². The van der Waals surface area contributed by atoms with E-state index in [4.69, 9.17) is 4.74 Å². The van der Waals surface area contributed by atoms with Gasteiger partial charge in [-0.05, 0) is 41.0 Å². The molecule has 2 saturated heterocycles. The SMILES string of the molecule is COc1cccc(-c2ccc([C@H]3[C@H]4CN(C(=O)c5ccncc5)CC(=O)N4[C@H]3CO)cc2)c1. The zero-order valence-electron chi connectivity index (χ0n) is 18.3. The van der Waals surface area contributed by atoms with E-state index >= 15 is 0 Å². The average molecular weight is 444 g/mol. The first-order chi connectivity index (χ1) is 16.1. The monoisotopic (exact) mass is 443 g/mol. The van der Waals surface area contributed by atoms with Crippen LogP contribution < -0.4 is 4.74 Å². The number of hydrogen-bond donors (Lipinski definition) is 1. The summed E-state index contributed by atoms with van der Waals surface area (Å²) in [7, 11) is 1.65. The highest BCUT2D eigenvalue weighted by Crippen LogP contribution is 2.43. The quantitative estimate of drug-likeness (QED) is 0.655. The normalized spacial score (nSPS) is 21.9. The molecule has 2 amide bonds. The van der Waals surface area contributed by atoms with Gasteiger partial charge < -0.3 is 19.6 Å². The number of amides is 2. The van der Waals surface area contributed by atoms with E-state index in [2.05, 4.69) is 4.98 Å². The smallest absolute Gasteiger partial charge is 0.254 e. The number of ether oxygens (including phenoxy) is 1. The van der Waals surface area contributed by atoms with Gasteiger partial charge in [0.25, 0.3) is 5.91 Å². The van der Waals surface area contributed by atoms with Crippen LogP contribution in [0.15, 0.2) is 73.1 Å². The fraction of sp³-hybridized carbons (Fsp3) is 0.269. The summed E-state index contributed by atoms with van der Waals surface area (Å²) in [6.45, 7) is 0.351. The van der Waals surface area contributed by atoms with Crippen LogP contribution in [-0.4, -0.2) is 70.6 Å². The second-order valence-electron chi connectivity index (χ2n) is 8.42. The topological polar surface area (TPSA) is 83.0 Å². The number of aromatic nitrogens is 1. The van der Waals surface area contributed by atoms with Crippen LogP contribution in [0.25, 0.3) is 11.1 Å². The van der Waals surface area contributed by atoms with Gasteiger partial charge in [0, 0.05) is 30.4 Å². The third kappa shape index (κ3) is 3.74. The lowest BCUT2D eigenvalue weighted by Crippen LogP contribution is -2.73. The number of piperazine rings is 1. The van der Waals surface area contributed by atoms with Gasteiger partial charge in [0.2, 0.25) is 5.91 Å². The Hall–Kier alpha value is -3.71. The molecule has 0 bridgehead atoms. The van der Waals surface area contributed by atoms with Crippen molar-refractivity contribution in [3.8, 4) is 16.9 Å². The lowest BCUT2D eigenvalue weighted by Gasteiger charge is -2.58. The standard InChI is InChI=1S/C26H25N3O4/c1-33-21-4-2-3-20(13-21)17-5-7-18(8-6-17)25-22-14-28(15-24(31)29(22)23(25)16-30)26(32)19-9-11-27-12-10-19/h2-13,22-23,25,30H,14-16H2,1H3/t22-,23+,25+/m1/s1. The van der Waals surface area contributed by atoms with Crippen LogP contribution in [0.3, 0.4) is 0 Å². The third-order valence-corrected chi connectivity index (χ3v) is 6.67. The molecule has 0 spiro atoms. The molecule has 2 aromatic carbocycles. The maximum Gasteiger partial charge on any atom is 0.254 e. The van der Waals surface area contributed by atoms with Crippen LogP contribution >= 0.6 is 0 Å². The predicted molar refractivity (Wildman–Crippen MR) is 123 cm³/mol. The summed E-state index contributed by atoms with van der Waals surface area (Å²) in [6, 6.07) is 19.0. The Morgan fingerprint density at radius 2 is 1.85 bits per heavy atom. The van der Waals surface area contributed by atoms with Gasteiger partial charge in [0.05, 0.1) is 25.8 Å². The molecule has 0 radical (unpaired) electrons. The number of pyridine rings is 1. The van der Waals surface area contributed by atoms with Gasteiger partial charge in [-0.1, -0.05) is 36.4 Å². The molecule has 168 valence electrons. The van der Waals surface area contributed by atoms with E-state index in [0.29, 0.717) is 12.1 Å². The minimum Gasteiger partial charge on any atom is -0.497 e. The molecule has 0 unspecified atom stereocenters. The number of hydrogen-bond acceptors (Lipinski definition) is 5. The van der Waals surface area contributed by atoms with Crippen molar-refractivity contribution >= 4 is 11.8 Å². The predicted octanol–water partition coefficient (Wildman–Crippen LogP) is 2.57. The maximum absolute atomic E-state index is 12.9. The Morgan fingerprint density at radius 1 is 1.09 bits per heavy atom. The summed E-state index contributed by atoms with van der Waals surface area (Å²) in [4.78, 5) is 33.1. The Labute approximate surface area is 192 Å². The molecule has 3 heterocycles. The number of fused-ring (bicyclic) bond motifs is 1. The van der Waals surface area contributed by atoms with E-state index in [1.807, 2.05) is 48.5 Å². The van der Waals surface area contributed by atoms with Crippen molar-refractivity contribution in [2.45, 2.75) is 18.0 Å². The Balaban J connectivity index is 1.38. The van der Waals surface area contributed by atoms with Gasteiger partial charge >= 0.3 is 0 Å². The van der Waals surface area contributed by atoms with Crippen molar-refractivity contribution < 1.29 is 19.4 Å². The van der Waals surface area contributed by atoms with Gasteiger partial charge in [-0.15, -0.1) is 0 Å². The molecule has 2 fully saturated rings. The van der Waals surface area contributed by atoms with Crippen LogP contribution in [0.5, 0.6) is 5.75 Å². The van der Waals surface area contributed by atoms with E-state index in [-0.39, 0.29) is 43.0 Å². The summed E-state index contributed by atoms with van der Waals surface area (Å²) in [6.07, 6.45) is 3.15. The van der Waals surface area contributed by atoms with Crippen molar-refractivity contribution in [2.24, 2.45) is 0 Å². The summed E-state index contributed by atoms with van der Waals surface area (Å²) in [5.41, 5.74) is 3.68. The van der Waals surface area contributed by atoms with Crippen molar-refractivity contribution in [1.29, 1.82) is 0 Å². The van der Waals surface area contributed by atoms with E-state index < -0.39 is 0 Å². The Morgan fingerprint density at radius 3 is 2.55 bits per heavy atom. The molecular weight excluding hydrogens is 418 g/mol. The van der Waals surface area contributed by atoms with Crippen LogP contribution in [0, 0.1) is 0 Å². The molecule has 1 N–H and O–H groups in total. The van der Waals surface area contributed by atoms with Gasteiger partial charge in [-0.25, -0.2) is 0 Å². The van der Waals surface area contributed by atoms with Gasteiger partial charge in [0.1, 0.15) is 12.3 Å². The second kappa shape index (κ2) is 8.67. The lowest BCUT2D eigenvalue weighted by atomic mass is 9.73. The number of carbonyl (C=O) groups is 2. The molecule has 3 aromatic rings. The van der Waals surface area contributed by atoms with Gasteiger partial charge in [0.15, 0.2) is 0 Å². The van der Waals surface area contributed by atoms with Crippen molar-refractivity contribution in [2.75, 3.05) is 26.8 Å². The van der Waals surface area contributed by atoms with E-state index in [1.165, 1.54) is 0 Å². The first kappa shape index (κ1) is 21.2. The average Bonchev–Trinajstić information content (AvgIpc) is 2.85. The molecule has 2 aliphatic rings. The molecule has 7 nitrogen and oxygen atoms in total. The molecule has 2 aliphatic heterocycles. The zero-order chi connectivity index (χ0) is 22.9. The Bertz CT molecular complexity index is 1170. The van der Waals surface area contributed by atoms with Crippen molar-refractivity contribution in [3.05, 3.63) is 84.2 Å². The number of methoxy groups -OCH3 is 1. The molecule has 3 atom stereocenters. The molecule has 5 rings (SSSR count). The summed E-state index contributed by atoms with van der Waals surface area (Å²) >= 11 is 0. The zero-order valence-corrected chi connectivity index (χ0v) is 18.3. The largest absolute Gasteiger partial charge is 0.497 e. The highest BCUT2D eigenvalue weighted by atomic mass is 16.5.